The minimum absolute atomic E-state index is 0.298. The molecule has 1 aromatic carbocycles. The van der Waals surface area contributed by atoms with Gasteiger partial charge in [0.05, 0.1) is 24.5 Å². The van der Waals surface area contributed by atoms with E-state index in [4.69, 9.17) is 4.74 Å². The highest BCUT2D eigenvalue weighted by atomic mass is 32.2. The van der Waals surface area contributed by atoms with E-state index in [-0.39, 0.29) is 11.7 Å². The Morgan fingerprint density at radius 2 is 2.19 bits per heavy atom. The molecular weight excluding hydrogens is 292 g/mol. The van der Waals surface area contributed by atoms with Crippen LogP contribution in [0.15, 0.2) is 36.9 Å². The highest BCUT2D eigenvalue weighted by molar-refractivity contribution is 7.92. The van der Waals surface area contributed by atoms with Gasteiger partial charge in [-0.3, -0.25) is 9.52 Å². The first-order chi connectivity index (χ1) is 9.88. The van der Waals surface area contributed by atoms with E-state index >= 15 is 0 Å². The number of methoxy groups -OCH3 is 1. The van der Waals surface area contributed by atoms with Crippen LogP contribution in [0.2, 0.25) is 0 Å². The molecule has 0 bridgehead atoms. The molecule has 0 heterocycles. The molecule has 1 atom stereocenters. The first kappa shape index (κ1) is 17.0. The van der Waals surface area contributed by atoms with Gasteiger partial charge in [0.2, 0.25) is 15.9 Å². The van der Waals surface area contributed by atoms with Crippen LogP contribution in [0.1, 0.15) is 6.92 Å². The Morgan fingerprint density at radius 3 is 2.81 bits per heavy atom. The maximum absolute atomic E-state index is 12.0. The molecule has 21 heavy (non-hydrogen) atoms. The van der Waals surface area contributed by atoms with Gasteiger partial charge in [-0.05, 0) is 12.1 Å². The van der Waals surface area contributed by atoms with E-state index in [0.29, 0.717) is 18.0 Å². The largest absolute Gasteiger partial charge is 0.497 e. The number of nitrogens with one attached hydrogen (secondary N) is 2. The number of anilines is 1. The summed E-state index contributed by atoms with van der Waals surface area (Å²) in [7, 11) is -2.12. The van der Waals surface area contributed by atoms with Crippen LogP contribution in [0.4, 0.5) is 5.69 Å². The number of hydrogen-bond acceptors (Lipinski definition) is 4. The van der Waals surface area contributed by atoms with Crippen LogP contribution in [0, 0.1) is 5.92 Å². The third kappa shape index (κ3) is 5.86. The number of ether oxygens (including phenoxy) is 1. The minimum Gasteiger partial charge on any atom is -0.497 e. The summed E-state index contributed by atoms with van der Waals surface area (Å²) >= 11 is 0. The quantitative estimate of drug-likeness (QED) is 0.710. The zero-order valence-electron chi connectivity index (χ0n) is 12.1. The average molecular weight is 312 g/mol. The zero-order chi connectivity index (χ0) is 15.9. The molecule has 0 radical (unpaired) electrons. The fourth-order valence-corrected chi connectivity index (χ4v) is 3.04. The molecule has 116 valence electrons. The van der Waals surface area contributed by atoms with E-state index in [1.54, 1.807) is 31.2 Å². The molecule has 0 saturated heterocycles. The predicted molar refractivity (Wildman–Crippen MR) is 82.8 cm³/mol. The van der Waals surface area contributed by atoms with Crippen molar-refractivity contribution in [1.82, 2.24) is 5.32 Å². The zero-order valence-corrected chi connectivity index (χ0v) is 12.9. The minimum atomic E-state index is -3.62. The fraction of sp³-hybridized carbons (Fsp3) is 0.357. The first-order valence-corrected chi connectivity index (χ1v) is 8.06. The number of amides is 1. The molecule has 1 amide bonds. The second-order valence-electron chi connectivity index (χ2n) is 4.55. The Kier molecular flexibility index (Phi) is 6.23. The molecule has 7 heteroatoms. The average Bonchev–Trinajstić information content (AvgIpc) is 2.43. The van der Waals surface area contributed by atoms with Crippen LogP contribution in [-0.4, -0.2) is 33.7 Å². The molecule has 6 nitrogen and oxygen atoms in total. The molecule has 0 aromatic heterocycles. The lowest BCUT2D eigenvalue weighted by Crippen LogP contribution is -2.34. The van der Waals surface area contributed by atoms with Gasteiger partial charge in [-0.15, -0.1) is 6.58 Å². The third-order valence-electron chi connectivity index (χ3n) is 2.68. The Bertz CT molecular complexity index is 599. The van der Waals surface area contributed by atoms with Gasteiger partial charge in [0.25, 0.3) is 0 Å². The number of carbonyl (C=O) groups is 1. The predicted octanol–water partition coefficient (Wildman–Crippen LogP) is 1.38. The molecule has 0 aliphatic heterocycles. The molecule has 2 N–H and O–H groups in total. The van der Waals surface area contributed by atoms with Gasteiger partial charge >= 0.3 is 0 Å². The summed E-state index contributed by atoms with van der Waals surface area (Å²) in [6.07, 6.45) is 1.54. The highest BCUT2D eigenvalue weighted by Gasteiger charge is 2.21. The summed E-state index contributed by atoms with van der Waals surface area (Å²) in [4.78, 5) is 11.7. The Balaban J connectivity index is 2.68. The normalized spacial score (nSPS) is 12.3. The van der Waals surface area contributed by atoms with Crippen molar-refractivity contribution >= 4 is 21.6 Å². The van der Waals surface area contributed by atoms with Crippen molar-refractivity contribution in [3.8, 4) is 5.75 Å². The summed E-state index contributed by atoms with van der Waals surface area (Å²) in [5.74, 6) is -0.737. The van der Waals surface area contributed by atoms with Gasteiger partial charge in [0.15, 0.2) is 0 Å². The molecule has 0 aliphatic rings. The second kappa shape index (κ2) is 7.68. The summed E-state index contributed by atoms with van der Waals surface area (Å²) in [5.41, 5.74) is 0.396. The van der Waals surface area contributed by atoms with Crippen molar-refractivity contribution in [2.24, 2.45) is 5.92 Å². The van der Waals surface area contributed by atoms with Crippen molar-refractivity contribution in [2.75, 3.05) is 24.1 Å². The molecular formula is C14H20N2O4S. The standard InChI is InChI=1S/C14H20N2O4S/c1-4-8-15-14(17)11(2)10-21(18,19)16-12-6-5-7-13(9-12)20-3/h4-7,9,11,16H,1,8,10H2,2-3H3,(H,15,17). The van der Waals surface area contributed by atoms with Crippen molar-refractivity contribution < 1.29 is 17.9 Å². The lowest BCUT2D eigenvalue weighted by atomic mass is 10.2. The summed E-state index contributed by atoms with van der Waals surface area (Å²) < 4.78 is 31.5. The molecule has 0 fully saturated rings. The van der Waals surface area contributed by atoms with Crippen molar-refractivity contribution in [2.45, 2.75) is 6.92 Å². The fourth-order valence-electron chi connectivity index (χ4n) is 1.66. The second-order valence-corrected chi connectivity index (χ2v) is 6.32. The van der Waals surface area contributed by atoms with E-state index in [2.05, 4.69) is 16.6 Å². The number of benzene rings is 1. The third-order valence-corrected chi connectivity index (χ3v) is 4.17. The maximum atomic E-state index is 12.0. The maximum Gasteiger partial charge on any atom is 0.233 e. The van der Waals surface area contributed by atoms with Gasteiger partial charge < -0.3 is 10.1 Å². The number of carbonyl (C=O) groups excluding carboxylic acids is 1. The summed E-state index contributed by atoms with van der Waals surface area (Å²) in [5, 5.41) is 2.57. The van der Waals surface area contributed by atoms with Crippen LogP contribution < -0.4 is 14.8 Å². The molecule has 1 unspecified atom stereocenters. The van der Waals surface area contributed by atoms with Gasteiger partial charge in [-0.2, -0.15) is 0 Å². The van der Waals surface area contributed by atoms with Gasteiger partial charge in [0.1, 0.15) is 5.75 Å². The van der Waals surface area contributed by atoms with E-state index in [1.165, 1.54) is 13.2 Å². The van der Waals surface area contributed by atoms with Crippen molar-refractivity contribution in [3.05, 3.63) is 36.9 Å². The van der Waals surface area contributed by atoms with Gasteiger partial charge in [-0.1, -0.05) is 19.1 Å². The number of rotatable bonds is 8. The smallest absolute Gasteiger partial charge is 0.233 e. The van der Waals surface area contributed by atoms with Crippen LogP contribution in [0.5, 0.6) is 5.75 Å². The monoisotopic (exact) mass is 312 g/mol. The summed E-state index contributed by atoms with van der Waals surface area (Å²) in [6.45, 7) is 5.35. The van der Waals surface area contributed by atoms with Crippen LogP contribution in [0.3, 0.4) is 0 Å². The van der Waals surface area contributed by atoms with E-state index in [1.807, 2.05) is 0 Å². The molecule has 0 aliphatic carbocycles. The number of hydrogen-bond donors (Lipinski definition) is 2. The Hall–Kier alpha value is -2.02. The lowest BCUT2D eigenvalue weighted by Gasteiger charge is -2.13. The van der Waals surface area contributed by atoms with E-state index < -0.39 is 15.9 Å². The van der Waals surface area contributed by atoms with Crippen molar-refractivity contribution in [1.29, 1.82) is 0 Å². The topological polar surface area (TPSA) is 84.5 Å². The van der Waals surface area contributed by atoms with Crippen LogP contribution in [0.25, 0.3) is 0 Å². The highest BCUT2D eigenvalue weighted by Crippen LogP contribution is 2.18. The first-order valence-electron chi connectivity index (χ1n) is 6.41. The molecule has 0 saturated carbocycles. The SMILES string of the molecule is C=CCNC(=O)C(C)CS(=O)(=O)Nc1cccc(OC)c1. The lowest BCUT2D eigenvalue weighted by molar-refractivity contribution is -0.123. The Morgan fingerprint density at radius 1 is 1.48 bits per heavy atom. The van der Waals surface area contributed by atoms with E-state index in [9.17, 15) is 13.2 Å². The number of sulfonamides is 1. The van der Waals surface area contributed by atoms with Gasteiger partial charge in [0, 0.05) is 12.6 Å². The Labute approximate surface area is 125 Å². The molecule has 1 aromatic rings. The van der Waals surface area contributed by atoms with Crippen molar-refractivity contribution in [3.63, 3.8) is 0 Å². The van der Waals surface area contributed by atoms with E-state index in [0.717, 1.165) is 0 Å². The summed E-state index contributed by atoms with van der Waals surface area (Å²) in [6, 6.07) is 6.57. The molecule has 0 spiro atoms. The van der Waals surface area contributed by atoms with Crippen LogP contribution in [-0.2, 0) is 14.8 Å². The molecule has 1 rings (SSSR count). The van der Waals surface area contributed by atoms with Crippen LogP contribution >= 0.6 is 0 Å². The van der Waals surface area contributed by atoms with Gasteiger partial charge in [-0.25, -0.2) is 8.42 Å².